The Kier molecular flexibility index (Phi) is 8.71. The van der Waals surface area contributed by atoms with Crippen molar-refractivity contribution in [3.8, 4) is 0 Å². The van der Waals surface area contributed by atoms with E-state index >= 15 is 0 Å². The largest absolute Gasteiger partial charge is 0.437 e. The highest BCUT2D eigenvalue weighted by Gasteiger charge is 2.35. The lowest BCUT2D eigenvalue weighted by Crippen LogP contribution is -2.42. The van der Waals surface area contributed by atoms with Crippen LogP contribution in [0.3, 0.4) is 0 Å². The van der Waals surface area contributed by atoms with E-state index in [4.69, 9.17) is 9.99 Å². The molecule has 0 radical (unpaired) electrons. The van der Waals surface area contributed by atoms with Crippen molar-refractivity contribution in [1.82, 2.24) is 4.90 Å². The summed E-state index contributed by atoms with van der Waals surface area (Å²) >= 11 is 0. The van der Waals surface area contributed by atoms with Gasteiger partial charge in [0.1, 0.15) is 0 Å². The van der Waals surface area contributed by atoms with Crippen molar-refractivity contribution < 1.29 is 9.63 Å². The molecule has 2 fully saturated rings. The van der Waals surface area contributed by atoms with E-state index in [0.29, 0.717) is 17.8 Å². The van der Waals surface area contributed by atoms with E-state index in [9.17, 15) is 4.79 Å². The maximum absolute atomic E-state index is 12.7. The molecule has 2 aromatic rings. The van der Waals surface area contributed by atoms with E-state index in [2.05, 4.69) is 34.5 Å². The van der Waals surface area contributed by atoms with Crippen LogP contribution in [0.5, 0.6) is 0 Å². The molecule has 3 aliphatic rings. The number of para-hydroxylation sites is 1. The number of hydrogen-bond donors (Lipinski definition) is 1. The van der Waals surface area contributed by atoms with Crippen molar-refractivity contribution in [2.75, 3.05) is 18.4 Å². The third-order valence-corrected chi connectivity index (χ3v) is 8.54. The van der Waals surface area contributed by atoms with Crippen LogP contribution in [0.25, 0.3) is 0 Å². The molecule has 1 aliphatic heterocycles. The summed E-state index contributed by atoms with van der Waals surface area (Å²) in [5.41, 5.74) is 4.84. The van der Waals surface area contributed by atoms with Gasteiger partial charge in [-0.3, -0.25) is 15.1 Å². The normalized spacial score (nSPS) is 20.9. The van der Waals surface area contributed by atoms with Gasteiger partial charge in [0.25, 0.3) is 0 Å². The summed E-state index contributed by atoms with van der Waals surface area (Å²) in [5, 5.41) is 7.54. The quantitative estimate of drug-likeness (QED) is 0.251. The van der Waals surface area contributed by atoms with E-state index in [1.54, 1.807) is 0 Å². The average molecular weight is 488 g/mol. The first-order valence-corrected chi connectivity index (χ1v) is 14.2. The standard InChI is InChI=1S/C31H41N3O2/c35-31(32-28-18-8-3-9-19-28)36-33-30(26-15-6-2-7-16-26)29(25-13-4-1-5-14-25)23-34-21-20-24-12-10-11-17-27(24)22-34/h3,8-12,17-19,25-26,29H,1-2,4-7,13-16,20-23H2,(H,32,35)/b33-30+. The third kappa shape index (κ3) is 6.56. The molecule has 5 nitrogen and oxygen atoms in total. The maximum atomic E-state index is 12.7. The molecule has 1 N–H and O–H groups in total. The molecule has 1 amide bonds. The second-order valence-corrected chi connectivity index (χ2v) is 11.0. The number of oxime groups is 1. The molecule has 1 heterocycles. The first-order chi connectivity index (χ1) is 17.8. The van der Waals surface area contributed by atoms with Gasteiger partial charge in [-0.05, 0) is 61.3 Å². The summed E-state index contributed by atoms with van der Waals surface area (Å²) in [7, 11) is 0. The minimum Gasteiger partial charge on any atom is -0.298 e. The Balaban J connectivity index is 1.37. The maximum Gasteiger partial charge on any atom is 0.437 e. The van der Waals surface area contributed by atoms with E-state index in [1.165, 1.54) is 62.5 Å². The molecule has 36 heavy (non-hydrogen) atoms. The van der Waals surface area contributed by atoms with Crippen LogP contribution >= 0.6 is 0 Å². The first kappa shape index (κ1) is 25.0. The van der Waals surface area contributed by atoms with Crippen LogP contribution in [0.15, 0.2) is 59.8 Å². The molecule has 192 valence electrons. The zero-order chi connectivity index (χ0) is 24.6. The summed E-state index contributed by atoms with van der Waals surface area (Å²) in [4.78, 5) is 20.9. The molecule has 1 unspecified atom stereocenters. The van der Waals surface area contributed by atoms with Gasteiger partial charge in [0.05, 0.1) is 5.71 Å². The van der Waals surface area contributed by atoms with Crippen LogP contribution in [-0.4, -0.2) is 29.8 Å². The Morgan fingerprint density at radius 1 is 0.889 bits per heavy atom. The zero-order valence-electron chi connectivity index (χ0n) is 21.5. The average Bonchev–Trinajstić information content (AvgIpc) is 2.94. The minimum atomic E-state index is -0.496. The number of rotatable bonds is 7. The Labute approximate surface area is 216 Å². The highest BCUT2D eigenvalue weighted by Crippen LogP contribution is 2.37. The van der Waals surface area contributed by atoms with Gasteiger partial charge in [-0.1, -0.05) is 86.1 Å². The Bertz CT molecular complexity index is 1010. The highest BCUT2D eigenvalue weighted by atomic mass is 16.7. The molecule has 5 rings (SSSR count). The van der Waals surface area contributed by atoms with Crippen LogP contribution in [0.4, 0.5) is 10.5 Å². The molecule has 1 atom stereocenters. The molecule has 0 aromatic heterocycles. The smallest absolute Gasteiger partial charge is 0.298 e. The van der Waals surface area contributed by atoms with Crippen LogP contribution in [-0.2, 0) is 17.8 Å². The second kappa shape index (κ2) is 12.5. The van der Waals surface area contributed by atoms with Crippen molar-refractivity contribution in [3.63, 3.8) is 0 Å². The van der Waals surface area contributed by atoms with Crippen molar-refractivity contribution >= 4 is 17.5 Å². The van der Waals surface area contributed by atoms with Crippen molar-refractivity contribution in [1.29, 1.82) is 0 Å². The molecule has 5 heteroatoms. The minimum absolute atomic E-state index is 0.350. The number of nitrogens with one attached hydrogen (secondary N) is 1. The molecule has 0 spiro atoms. The lowest BCUT2D eigenvalue weighted by Gasteiger charge is -2.39. The number of anilines is 1. The second-order valence-electron chi connectivity index (χ2n) is 11.0. The van der Waals surface area contributed by atoms with Crippen LogP contribution < -0.4 is 5.32 Å². The molecule has 0 bridgehead atoms. The van der Waals surface area contributed by atoms with Crippen LogP contribution in [0.2, 0.25) is 0 Å². The zero-order valence-corrected chi connectivity index (χ0v) is 21.5. The Morgan fingerprint density at radius 2 is 1.56 bits per heavy atom. The lowest BCUT2D eigenvalue weighted by molar-refractivity contribution is 0.156. The van der Waals surface area contributed by atoms with Gasteiger partial charge in [0, 0.05) is 37.2 Å². The SMILES string of the molecule is O=C(Nc1ccccc1)O/N=C(\C1CCCCC1)C(CN1CCc2ccccc2C1)C1CCCCC1. The molecular formula is C31H41N3O2. The summed E-state index contributed by atoms with van der Waals surface area (Å²) in [6.07, 6.45) is 13.2. The van der Waals surface area contributed by atoms with E-state index < -0.39 is 6.09 Å². The van der Waals surface area contributed by atoms with E-state index in [1.807, 2.05) is 30.3 Å². The topological polar surface area (TPSA) is 53.9 Å². The molecule has 0 saturated heterocycles. The number of carbonyl (C=O) groups excluding carboxylic acids is 1. The number of nitrogens with zero attached hydrogens (tertiary/aromatic N) is 2. The molecular weight excluding hydrogens is 446 g/mol. The van der Waals surface area contributed by atoms with Gasteiger partial charge in [-0.15, -0.1) is 0 Å². The molecule has 2 saturated carbocycles. The lowest BCUT2D eigenvalue weighted by atomic mass is 9.72. The number of benzene rings is 2. The van der Waals surface area contributed by atoms with E-state index in [-0.39, 0.29) is 0 Å². The number of amides is 1. The van der Waals surface area contributed by atoms with Gasteiger partial charge in [0.2, 0.25) is 0 Å². The van der Waals surface area contributed by atoms with Crippen LogP contribution in [0, 0.1) is 17.8 Å². The monoisotopic (exact) mass is 487 g/mol. The number of carbonyl (C=O) groups is 1. The third-order valence-electron chi connectivity index (χ3n) is 8.54. The predicted molar refractivity (Wildman–Crippen MR) is 146 cm³/mol. The Morgan fingerprint density at radius 3 is 2.31 bits per heavy atom. The number of hydrogen-bond acceptors (Lipinski definition) is 4. The summed E-state index contributed by atoms with van der Waals surface area (Å²) in [6.45, 7) is 3.11. The Hall–Kier alpha value is -2.66. The van der Waals surface area contributed by atoms with Crippen molar-refractivity contribution in [3.05, 3.63) is 65.7 Å². The van der Waals surface area contributed by atoms with Gasteiger partial charge < -0.3 is 0 Å². The fourth-order valence-corrected chi connectivity index (χ4v) is 6.61. The highest BCUT2D eigenvalue weighted by molar-refractivity contribution is 5.91. The first-order valence-electron chi connectivity index (χ1n) is 14.2. The van der Waals surface area contributed by atoms with Gasteiger partial charge in [0.15, 0.2) is 0 Å². The van der Waals surface area contributed by atoms with Gasteiger partial charge in [-0.25, -0.2) is 4.79 Å². The summed E-state index contributed by atoms with van der Waals surface area (Å²) in [6, 6.07) is 18.4. The molecule has 2 aromatic carbocycles. The summed E-state index contributed by atoms with van der Waals surface area (Å²) < 4.78 is 0. The van der Waals surface area contributed by atoms with E-state index in [0.717, 1.165) is 50.3 Å². The fourth-order valence-electron chi connectivity index (χ4n) is 6.61. The summed E-state index contributed by atoms with van der Waals surface area (Å²) in [5.74, 6) is 1.40. The van der Waals surface area contributed by atoms with Crippen LogP contribution in [0.1, 0.15) is 75.3 Å². The van der Waals surface area contributed by atoms with Crippen molar-refractivity contribution in [2.24, 2.45) is 22.9 Å². The van der Waals surface area contributed by atoms with Crippen molar-refractivity contribution in [2.45, 2.75) is 77.2 Å². The molecule has 2 aliphatic carbocycles. The fraction of sp³-hybridized carbons (Fsp3) is 0.548. The number of fused-ring (bicyclic) bond motifs is 1. The van der Waals surface area contributed by atoms with Gasteiger partial charge >= 0.3 is 6.09 Å². The predicted octanol–water partition coefficient (Wildman–Crippen LogP) is 7.43. The van der Waals surface area contributed by atoms with Gasteiger partial charge in [-0.2, -0.15) is 0 Å².